The normalized spacial score (nSPS) is 124. The van der Waals surface area contributed by atoms with E-state index in [2.05, 4.69) is 9.24 Å². The Labute approximate surface area is 86.0 Å². The molecule has 0 bridgehead atoms. The maximum absolute atomic E-state index is 9.00. The Morgan fingerprint density at radius 1 is 1.06 bits per heavy atom. The van der Waals surface area contributed by atoms with E-state index in [0.717, 1.165) is 11.0 Å². The molecule has 0 aliphatic carbocycles. The summed E-state index contributed by atoms with van der Waals surface area (Å²) in [5, 5.41) is 7.42. The molecular weight excluding hydrogens is 263 g/mol. The first-order chi connectivity index (χ1) is 7.28. The van der Waals surface area contributed by atoms with Gasteiger partial charge in [0.1, 0.15) is 0 Å². The summed E-state index contributed by atoms with van der Waals surface area (Å²) >= 11 is 0. The molecule has 0 saturated carbocycles. The molecule has 1 N–H and O–H groups in total. The molecule has 0 aromatic rings. The number of carbonyl (C=O) groups is 1. The summed E-state index contributed by atoms with van der Waals surface area (Å²) in [6, 6.07) is 0. The van der Waals surface area contributed by atoms with E-state index >= 15 is 0 Å². The van der Waals surface area contributed by atoms with Gasteiger partial charge in [0, 0.05) is 6.92 Å². The summed E-state index contributed by atoms with van der Waals surface area (Å²) in [4.78, 5) is 22.8. The first-order valence-electron chi connectivity index (χ1n) is 6.47. The van der Waals surface area contributed by atoms with Crippen molar-refractivity contribution in [3.05, 3.63) is 0 Å². The van der Waals surface area contributed by atoms with Gasteiger partial charge in [-0.2, -0.15) is 0 Å². The average Bonchev–Trinajstić information content (AvgIpc) is 3.10. The van der Waals surface area contributed by atoms with Crippen molar-refractivity contribution in [3.63, 3.8) is 0 Å². The second kappa shape index (κ2) is 0.484. The van der Waals surface area contributed by atoms with Gasteiger partial charge in [-0.3, -0.25) is 4.79 Å². The van der Waals surface area contributed by atoms with Crippen LogP contribution in [0.3, 0.4) is 0 Å². The number of hydrogen-bond acceptors (Lipinski definition) is 1. The molecular formula is C12H15FeO2P. The topological polar surface area (TPSA) is 37.3 Å². The SMILES string of the molecule is CC(=O)O.P[C]12[CH]3[CH]4[CH]5[CH]1[Fe]45321678[CH]2[CH]1[CH]6[CH]7[CH]28. The third-order valence-electron chi connectivity index (χ3n) is 14.8. The van der Waals surface area contributed by atoms with Crippen LogP contribution in [0.25, 0.3) is 0 Å². The molecule has 1 spiro atoms. The summed E-state index contributed by atoms with van der Waals surface area (Å²) < 4.78 is 1.11. The fourth-order valence-electron chi connectivity index (χ4n) is 16.3. The van der Waals surface area contributed by atoms with Crippen molar-refractivity contribution in [2.45, 2.75) is 54.3 Å². The van der Waals surface area contributed by atoms with Crippen LogP contribution in [0, 0.1) is 0 Å². The summed E-state index contributed by atoms with van der Waals surface area (Å²) in [7, 11) is 3.49. The molecule has 0 aromatic heterocycles. The third-order valence-corrected chi connectivity index (χ3v) is 62.8. The van der Waals surface area contributed by atoms with Gasteiger partial charge in [0.2, 0.25) is 0 Å². The van der Waals surface area contributed by atoms with E-state index in [1.807, 2.05) is 0 Å². The van der Waals surface area contributed by atoms with E-state index in [4.69, 9.17) is 9.90 Å². The van der Waals surface area contributed by atoms with Crippen LogP contribution in [0.5, 0.6) is 0 Å². The zero-order chi connectivity index (χ0) is 10.6. The van der Waals surface area contributed by atoms with E-state index in [9.17, 15) is 0 Å². The summed E-state index contributed by atoms with van der Waals surface area (Å²) in [6.07, 6.45) is 0. The molecule has 5 atom stereocenters. The summed E-state index contributed by atoms with van der Waals surface area (Å²) in [6.45, 7) is -1.41. The second-order valence-corrected chi connectivity index (χ2v) is 35.4. The predicted octanol–water partition coefficient (Wildman–Crippen LogP) is 3.25. The van der Waals surface area contributed by atoms with Gasteiger partial charge in [0.15, 0.2) is 0 Å². The molecule has 10 fully saturated rings. The first-order valence-corrected chi connectivity index (χ1v) is 13.3. The molecule has 88 valence electrons. The number of hydrogen-bond donors (Lipinski definition) is 1. The van der Waals surface area contributed by atoms with Crippen LogP contribution in [0.1, 0.15) is 6.92 Å². The van der Waals surface area contributed by atoms with E-state index < -0.39 is 12.5 Å². The van der Waals surface area contributed by atoms with Crippen molar-refractivity contribution in [2.24, 2.45) is 0 Å². The van der Waals surface area contributed by atoms with Crippen LogP contribution in [-0.2, 0) is 11.3 Å². The summed E-state index contributed by atoms with van der Waals surface area (Å²) in [5.74, 6) is -0.833. The summed E-state index contributed by atoms with van der Waals surface area (Å²) in [5.41, 5.74) is 0. The Balaban J connectivity index is 0.000000132. The predicted molar refractivity (Wildman–Crippen MR) is 59.5 cm³/mol. The number of fused-ring (bicyclic) bond motifs is 10. The van der Waals surface area contributed by atoms with Gasteiger partial charge in [-0.25, -0.2) is 0 Å². The van der Waals surface area contributed by atoms with Crippen molar-refractivity contribution in [1.82, 2.24) is 0 Å². The molecule has 4 heteroatoms. The molecule has 0 amide bonds. The Morgan fingerprint density at radius 2 is 1.38 bits per heavy atom. The van der Waals surface area contributed by atoms with Crippen molar-refractivity contribution in [1.29, 1.82) is 0 Å². The maximum atomic E-state index is 9.00. The van der Waals surface area contributed by atoms with Crippen molar-refractivity contribution in [2.75, 3.05) is 0 Å². The number of carboxylic acids is 1. The molecule has 10 aliphatic heterocycles. The van der Waals surface area contributed by atoms with Crippen molar-refractivity contribution in [3.8, 4) is 0 Å². The minimum atomic E-state index is -2.49. The quantitative estimate of drug-likeness (QED) is 0.545. The van der Waals surface area contributed by atoms with Gasteiger partial charge < -0.3 is 5.11 Å². The Hall–Kier alpha value is 0.419. The van der Waals surface area contributed by atoms with E-state index in [-0.39, 0.29) is 0 Å². The van der Waals surface area contributed by atoms with Gasteiger partial charge in [0.05, 0.1) is 0 Å². The van der Waals surface area contributed by atoms with Crippen LogP contribution in [0.15, 0.2) is 0 Å². The number of aliphatic carboxylic acids is 1. The van der Waals surface area contributed by atoms with Crippen molar-refractivity contribution < 1.29 is 16.4 Å². The molecule has 0 aromatic carbocycles. The van der Waals surface area contributed by atoms with Crippen LogP contribution in [0.4, 0.5) is 0 Å². The molecule has 16 heavy (non-hydrogen) atoms. The first kappa shape index (κ1) is 6.55. The molecule has 10 aliphatic rings. The van der Waals surface area contributed by atoms with Gasteiger partial charge >= 0.3 is 63.2 Å². The van der Waals surface area contributed by atoms with Crippen LogP contribution in [0.2, 0.25) is 43.3 Å². The van der Waals surface area contributed by atoms with E-state index in [0.29, 0.717) is 0 Å². The monoisotopic (exact) mass is 278 g/mol. The van der Waals surface area contributed by atoms with E-state index in [1.165, 1.54) is 43.3 Å². The zero-order valence-corrected chi connectivity index (χ0v) is 11.2. The van der Waals surface area contributed by atoms with Gasteiger partial charge in [0.25, 0.3) is 5.97 Å². The van der Waals surface area contributed by atoms with Gasteiger partial charge in [-0.05, 0) is 0 Å². The Bertz CT molecular complexity index is 849. The Kier molecular flexibility index (Phi) is 0.198. The third kappa shape index (κ3) is 0.0570. The van der Waals surface area contributed by atoms with Gasteiger partial charge in [-0.1, -0.05) is 0 Å². The van der Waals surface area contributed by atoms with E-state index in [1.54, 1.807) is 0 Å². The molecule has 5 unspecified atom stereocenters. The van der Waals surface area contributed by atoms with Crippen LogP contribution in [-0.4, -0.2) is 15.1 Å². The standard InChI is InChI=1S/C5H6P.C5H5.C2H4O2.Fe/c6-5-3-1-2-4-5;1-2-4-5-3-1;1-2(3)4;/h1-4H,6H2;1-5H;1H3,(H,3,4);. The number of carboxylic acid groups (broad SMARTS) is 1. The number of rotatable bonds is 0. The van der Waals surface area contributed by atoms with Crippen LogP contribution < -0.4 is 0 Å². The molecule has 10 rings (SSSR count). The minimum absolute atomic E-state index is 0.833. The molecule has 0 radical (unpaired) electrons. The molecule has 10 heterocycles. The molecule has 10 saturated heterocycles. The zero-order valence-electron chi connectivity index (χ0n) is 8.98. The average molecular weight is 278 g/mol. The fourth-order valence-corrected chi connectivity index (χ4v) is 99.1. The second-order valence-electron chi connectivity index (χ2n) is 10.3. The van der Waals surface area contributed by atoms with Crippen molar-refractivity contribution >= 4 is 15.2 Å². The van der Waals surface area contributed by atoms with Gasteiger partial charge in [-0.15, -0.1) is 0 Å². The molecule has 2 nitrogen and oxygen atoms in total. The van der Waals surface area contributed by atoms with Crippen LogP contribution >= 0.6 is 9.24 Å². The fraction of sp³-hybridized carbons (Fsp3) is 0.917. The Morgan fingerprint density at radius 3 is 1.38 bits per heavy atom.